The molecular weight excluding hydrogens is 376 g/mol. The summed E-state index contributed by atoms with van der Waals surface area (Å²) in [6.07, 6.45) is 3.89. The lowest BCUT2D eigenvalue weighted by Gasteiger charge is -2.12. The first-order valence-electron chi connectivity index (χ1n) is 8.75. The van der Waals surface area contributed by atoms with Crippen LogP contribution < -0.4 is 19.5 Å². The number of carbonyl (C=O) groups excluding carboxylic acids is 1. The molecule has 0 radical (unpaired) electrons. The molecule has 0 aliphatic heterocycles. The fourth-order valence-electron chi connectivity index (χ4n) is 2.75. The van der Waals surface area contributed by atoms with E-state index >= 15 is 0 Å². The van der Waals surface area contributed by atoms with Crippen LogP contribution in [0.25, 0.3) is 16.3 Å². The first-order chi connectivity index (χ1) is 13.6. The van der Waals surface area contributed by atoms with Gasteiger partial charge in [0.05, 0.1) is 36.6 Å². The second-order valence-corrected chi connectivity index (χ2v) is 7.02. The van der Waals surface area contributed by atoms with Crippen molar-refractivity contribution in [1.29, 1.82) is 0 Å². The van der Waals surface area contributed by atoms with E-state index in [-0.39, 0.29) is 5.91 Å². The molecule has 146 valence electrons. The first-order valence-corrected chi connectivity index (χ1v) is 9.56. The van der Waals surface area contributed by atoms with Gasteiger partial charge in [0.2, 0.25) is 11.7 Å². The van der Waals surface area contributed by atoms with Crippen molar-refractivity contribution in [3.8, 4) is 17.2 Å². The van der Waals surface area contributed by atoms with Crippen molar-refractivity contribution in [1.82, 2.24) is 10.3 Å². The zero-order valence-corrected chi connectivity index (χ0v) is 16.8. The quantitative estimate of drug-likeness (QED) is 0.586. The van der Waals surface area contributed by atoms with Gasteiger partial charge in [-0.2, -0.15) is 0 Å². The van der Waals surface area contributed by atoms with Crippen LogP contribution in [0.4, 0.5) is 0 Å². The highest BCUT2D eigenvalue weighted by Crippen LogP contribution is 2.38. The van der Waals surface area contributed by atoms with Gasteiger partial charge < -0.3 is 19.5 Å². The number of benzene rings is 2. The van der Waals surface area contributed by atoms with Gasteiger partial charge in [-0.15, -0.1) is 11.3 Å². The number of amides is 1. The van der Waals surface area contributed by atoms with Gasteiger partial charge in [-0.1, -0.05) is 12.1 Å². The van der Waals surface area contributed by atoms with E-state index in [2.05, 4.69) is 16.4 Å². The normalized spacial score (nSPS) is 11.0. The number of aromatic nitrogens is 1. The molecule has 1 N–H and O–H groups in total. The van der Waals surface area contributed by atoms with Crippen molar-refractivity contribution in [3.63, 3.8) is 0 Å². The molecular formula is C21H22N2O4S. The molecule has 0 aliphatic rings. The third-order valence-corrected chi connectivity index (χ3v) is 5.19. The number of ether oxygens (including phenoxy) is 3. The fourth-order valence-corrected chi connectivity index (χ4v) is 3.71. The Labute approximate surface area is 167 Å². The molecule has 0 atom stereocenters. The number of thiazole rings is 1. The number of fused-ring (bicyclic) bond motifs is 1. The van der Waals surface area contributed by atoms with Gasteiger partial charge in [0.1, 0.15) is 0 Å². The van der Waals surface area contributed by atoms with E-state index < -0.39 is 0 Å². The number of nitrogens with zero attached hydrogens (tertiary/aromatic N) is 1. The van der Waals surface area contributed by atoms with Gasteiger partial charge in [0, 0.05) is 19.0 Å². The van der Waals surface area contributed by atoms with Crippen molar-refractivity contribution in [2.45, 2.75) is 6.42 Å². The van der Waals surface area contributed by atoms with Gasteiger partial charge in [-0.25, -0.2) is 4.98 Å². The molecule has 0 bridgehead atoms. The van der Waals surface area contributed by atoms with Crippen LogP contribution in [0, 0.1) is 0 Å². The predicted octanol–water partition coefficient (Wildman–Crippen LogP) is 3.69. The third kappa shape index (κ3) is 4.61. The monoisotopic (exact) mass is 398 g/mol. The maximum Gasteiger partial charge on any atom is 0.244 e. The topological polar surface area (TPSA) is 69.7 Å². The minimum Gasteiger partial charge on any atom is -0.493 e. The smallest absolute Gasteiger partial charge is 0.244 e. The highest BCUT2D eigenvalue weighted by molar-refractivity contribution is 7.18. The Hall–Kier alpha value is -3.06. The lowest BCUT2D eigenvalue weighted by atomic mass is 10.1. The van der Waals surface area contributed by atoms with Crippen LogP contribution in [-0.4, -0.2) is 38.8 Å². The molecule has 0 aliphatic carbocycles. The summed E-state index contributed by atoms with van der Waals surface area (Å²) in [7, 11) is 4.66. The average Bonchev–Trinajstić information content (AvgIpc) is 3.14. The Morgan fingerprint density at radius 3 is 2.46 bits per heavy atom. The maximum absolute atomic E-state index is 12.1. The summed E-state index contributed by atoms with van der Waals surface area (Å²) in [4.78, 5) is 16.7. The van der Waals surface area contributed by atoms with Crippen LogP contribution in [0.15, 0.2) is 42.5 Å². The van der Waals surface area contributed by atoms with Crippen LogP contribution in [0.2, 0.25) is 0 Å². The molecule has 0 saturated carbocycles. The molecule has 1 aromatic heterocycles. The second-order valence-electron chi connectivity index (χ2n) is 5.91. The summed E-state index contributed by atoms with van der Waals surface area (Å²) in [6.45, 7) is 0.526. The average molecular weight is 398 g/mol. The maximum atomic E-state index is 12.1. The molecule has 7 heteroatoms. The molecule has 3 rings (SSSR count). The molecule has 0 unspecified atom stereocenters. The number of para-hydroxylation sites is 1. The Morgan fingerprint density at radius 1 is 1.11 bits per heavy atom. The molecule has 0 spiro atoms. The summed E-state index contributed by atoms with van der Waals surface area (Å²) in [5, 5.41) is 3.89. The highest BCUT2D eigenvalue weighted by atomic mass is 32.1. The van der Waals surface area contributed by atoms with E-state index in [0.29, 0.717) is 30.2 Å². The van der Waals surface area contributed by atoms with Crippen molar-refractivity contribution in [2.75, 3.05) is 27.9 Å². The zero-order valence-electron chi connectivity index (χ0n) is 16.0. The van der Waals surface area contributed by atoms with Crippen molar-refractivity contribution < 1.29 is 19.0 Å². The largest absolute Gasteiger partial charge is 0.493 e. The van der Waals surface area contributed by atoms with Gasteiger partial charge in [0.25, 0.3) is 0 Å². The van der Waals surface area contributed by atoms with Crippen LogP contribution in [0.5, 0.6) is 17.2 Å². The molecule has 28 heavy (non-hydrogen) atoms. The van der Waals surface area contributed by atoms with E-state index in [1.807, 2.05) is 18.2 Å². The Kier molecular flexibility index (Phi) is 6.49. The summed E-state index contributed by atoms with van der Waals surface area (Å²) < 4.78 is 17.1. The predicted molar refractivity (Wildman–Crippen MR) is 111 cm³/mol. The summed E-state index contributed by atoms with van der Waals surface area (Å²) >= 11 is 1.65. The number of hydrogen-bond acceptors (Lipinski definition) is 6. The summed E-state index contributed by atoms with van der Waals surface area (Å²) in [6, 6.07) is 11.6. The van der Waals surface area contributed by atoms with Crippen molar-refractivity contribution >= 4 is 33.5 Å². The summed E-state index contributed by atoms with van der Waals surface area (Å²) in [5.41, 5.74) is 1.77. The molecule has 6 nitrogen and oxygen atoms in total. The lowest BCUT2D eigenvalue weighted by Crippen LogP contribution is -2.23. The molecule has 0 fully saturated rings. The highest BCUT2D eigenvalue weighted by Gasteiger charge is 2.12. The van der Waals surface area contributed by atoms with Gasteiger partial charge in [-0.05, 0) is 35.9 Å². The van der Waals surface area contributed by atoms with Crippen molar-refractivity contribution in [3.05, 3.63) is 53.0 Å². The van der Waals surface area contributed by atoms with Gasteiger partial charge in [-0.3, -0.25) is 4.79 Å². The minimum atomic E-state index is -0.171. The Bertz CT molecular complexity index is 939. The summed E-state index contributed by atoms with van der Waals surface area (Å²) in [5.74, 6) is 1.42. The second kappa shape index (κ2) is 9.23. The van der Waals surface area contributed by atoms with Crippen LogP contribution >= 0.6 is 11.3 Å². The number of rotatable bonds is 8. The minimum absolute atomic E-state index is 0.171. The van der Waals surface area contributed by atoms with Gasteiger partial charge in [0.15, 0.2) is 11.5 Å². The number of nitrogens with one attached hydrogen (secondary N) is 1. The third-order valence-electron chi connectivity index (χ3n) is 4.09. The van der Waals surface area contributed by atoms with Crippen molar-refractivity contribution in [2.24, 2.45) is 0 Å². The van der Waals surface area contributed by atoms with Crippen LogP contribution in [-0.2, 0) is 11.2 Å². The van der Waals surface area contributed by atoms with Crippen LogP contribution in [0.3, 0.4) is 0 Å². The Morgan fingerprint density at radius 2 is 1.82 bits per heavy atom. The molecule has 1 amide bonds. The molecule has 3 aromatic rings. The molecule has 0 saturated heterocycles. The van der Waals surface area contributed by atoms with E-state index in [9.17, 15) is 4.79 Å². The van der Waals surface area contributed by atoms with E-state index in [1.165, 1.54) is 6.08 Å². The lowest BCUT2D eigenvalue weighted by molar-refractivity contribution is -0.116. The van der Waals surface area contributed by atoms with E-state index in [0.717, 1.165) is 20.8 Å². The van der Waals surface area contributed by atoms with Crippen LogP contribution in [0.1, 0.15) is 10.6 Å². The molecule has 2 aromatic carbocycles. The number of carbonyl (C=O) groups is 1. The fraction of sp³-hybridized carbons (Fsp3) is 0.238. The van der Waals surface area contributed by atoms with E-state index in [1.54, 1.807) is 50.9 Å². The number of hydrogen-bond donors (Lipinski definition) is 1. The number of methoxy groups -OCH3 is 3. The SMILES string of the molecule is COc1cc(/C=C/C(=O)NCCc2nc3ccccc3s2)cc(OC)c1OC. The Balaban J connectivity index is 1.59. The zero-order chi connectivity index (χ0) is 19.9. The molecule has 1 heterocycles. The standard InChI is InChI=1S/C21H22N2O4S/c1-25-16-12-14(13-17(26-2)21(16)27-3)8-9-19(24)22-11-10-20-23-15-6-4-5-7-18(15)28-20/h4-9,12-13H,10-11H2,1-3H3,(H,22,24)/b9-8+. The van der Waals surface area contributed by atoms with Gasteiger partial charge >= 0.3 is 0 Å². The van der Waals surface area contributed by atoms with E-state index in [4.69, 9.17) is 14.2 Å². The first kappa shape index (κ1) is 19.7.